The maximum absolute atomic E-state index is 13.2. The van der Waals surface area contributed by atoms with Crippen molar-refractivity contribution in [2.24, 2.45) is 0 Å². The quantitative estimate of drug-likeness (QED) is 0.514. The molecule has 3 heterocycles. The average molecular weight is 354 g/mol. The molecule has 0 atom stereocenters. The van der Waals surface area contributed by atoms with E-state index in [0.717, 1.165) is 11.0 Å². The number of benzene rings is 1. The first-order valence-corrected chi connectivity index (χ1v) is 8.12. The molecule has 134 valence electrons. The number of fused-ring (bicyclic) bond motifs is 3. The summed E-state index contributed by atoms with van der Waals surface area (Å²) in [5.74, 6) is 0.432. The van der Waals surface area contributed by atoms with Gasteiger partial charge in [0.2, 0.25) is 0 Å². The highest BCUT2D eigenvalue weighted by atomic mass is 16.5. The van der Waals surface area contributed by atoms with Crippen molar-refractivity contribution in [1.82, 2.24) is 28.9 Å². The van der Waals surface area contributed by atoms with Gasteiger partial charge in [0.05, 0.1) is 30.4 Å². The SMILES string of the molecule is COCCn1c(=O)c2c(-n3cc(COC)nn3)ncn2c2ccccc21. The number of imidazole rings is 1. The molecule has 4 rings (SSSR count). The van der Waals surface area contributed by atoms with Gasteiger partial charge in [-0.05, 0) is 12.1 Å². The summed E-state index contributed by atoms with van der Waals surface area (Å²) < 4.78 is 15.2. The molecule has 0 N–H and O–H groups in total. The molecule has 0 amide bonds. The molecule has 26 heavy (non-hydrogen) atoms. The van der Waals surface area contributed by atoms with Crippen LogP contribution in [0.2, 0.25) is 0 Å². The molecule has 0 fully saturated rings. The summed E-state index contributed by atoms with van der Waals surface area (Å²) in [7, 11) is 3.20. The Morgan fingerprint density at radius 2 is 1.92 bits per heavy atom. The van der Waals surface area contributed by atoms with E-state index in [9.17, 15) is 4.79 Å². The van der Waals surface area contributed by atoms with E-state index in [0.29, 0.717) is 36.8 Å². The van der Waals surface area contributed by atoms with Crippen LogP contribution in [0.3, 0.4) is 0 Å². The minimum Gasteiger partial charge on any atom is -0.383 e. The number of rotatable bonds is 6. The predicted octanol–water partition coefficient (Wildman–Crippen LogP) is 1.02. The third-order valence-electron chi connectivity index (χ3n) is 4.20. The first kappa shape index (κ1) is 16.4. The maximum atomic E-state index is 13.2. The highest BCUT2D eigenvalue weighted by molar-refractivity contribution is 5.80. The zero-order valence-corrected chi connectivity index (χ0v) is 14.5. The zero-order valence-electron chi connectivity index (χ0n) is 14.5. The third kappa shape index (κ3) is 2.57. The van der Waals surface area contributed by atoms with Gasteiger partial charge in [-0.2, -0.15) is 4.68 Å². The van der Waals surface area contributed by atoms with Gasteiger partial charge in [-0.25, -0.2) is 4.98 Å². The minimum absolute atomic E-state index is 0.156. The van der Waals surface area contributed by atoms with Gasteiger partial charge in [-0.15, -0.1) is 5.10 Å². The molecule has 0 aliphatic carbocycles. The summed E-state index contributed by atoms with van der Waals surface area (Å²) in [4.78, 5) is 17.6. The number of methoxy groups -OCH3 is 2. The van der Waals surface area contributed by atoms with Crippen molar-refractivity contribution >= 4 is 16.6 Å². The fourth-order valence-corrected chi connectivity index (χ4v) is 3.04. The lowest BCUT2D eigenvalue weighted by Gasteiger charge is -2.12. The smallest absolute Gasteiger partial charge is 0.279 e. The Hall–Kier alpha value is -3.04. The van der Waals surface area contributed by atoms with Gasteiger partial charge in [0.15, 0.2) is 11.3 Å². The summed E-state index contributed by atoms with van der Waals surface area (Å²) in [5, 5.41) is 8.12. The summed E-state index contributed by atoms with van der Waals surface area (Å²) in [5.41, 5.74) is 2.65. The van der Waals surface area contributed by atoms with Crippen LogP contribution < -0.4 is 5.56 Å². The molecule has 0 saturated carbocycles. The van der Waals surface area contributed by atoms with Crippen molar-refractivity contribution in [3.05, 3.63) is 52.8 Å². The Balaban J connectivity index is 1.99. The van der Waals surface area contributed by atoms with Crippen LogP contribution in [0.1, 0.15) is 5.69 Å². The van der Waals surface area contributed by atoms with Crippen LogP contribution in [0.15, 0.2) is 41.6 Å². The fraction of sp³-hybridized carbons (Fsp3) is 0.294. The Morgan fingerprint density at radius 3 is 2.69 bits per heavy atom. The van der Waals surface area contributed by atoms with Gasteiger partial charge in [-0.3, -0.25) is 9.20 Å². The van der Waals surface area contributed by atoms with E-state index in [1.807, 2.05) is 24.3 Å². The Morgan fingerprint density at radius 1 is 1.12 bits per heavy atom. The number of hydrogen-bond acceptors (Lipinski definition) is 6. The van der Waals surface area contributed by atoms with E-state index >= 15 is 0 Å². The molecule has 1 aromatic carbocycles. The van der Waals surface area contributed by atoms with Crippen molar-refractivity contribution in [2.75, 3.05) is 20.8 Å². The second kappa shape index (κ2) is 6.70. The van der Waals surface area contributed by atoms with Crippen LogP contribution in [0.25, 0.3) is 22.4 Å². The lowest BCUT2D eigenvalue weighted by molar-refractivity contribution is 0.181. The topological polar surface area (TPSA) is 88.5 Å². The van der Waals surface area contributed by atoms with Crippen molar-refractivity contribution in [3.8, 4) is 5.82 Å². The Labute approximate surface area is 148 Å². The van der Waals surface area contributed by atoms with Crippen molar-refractivity contribution < 1.29 is 9.47 Å². The molecule has 0 spiro atoms. The maximum Gasteiger partial charge on any atom is 0.279 e. The van der Waals surface area contributed by atoms with Crippen LogP contribution in [0.4, 0.5) is 0 Å². The standard InChI is InChI=1S/C17H18N6O3/c1-25-8-7-21-13-5-3-4-6-14(13)22-11-18-16(15(22)17(21)24)23-9-12(10-26-2)19-20-23/h3-6,9,11H,7-8,10H2,1-2H3. The molecular formula is C17H18N6O3. The molecule has 3 aromatic heterocycles. The van der Waals surface area contributed by atoms with Gasteiger partial charge in [-0.1, -0.05) is 17.3 Å². The second-order valence-corrected chi connectivity index (χ2v) is 5.81. The summed E-state index contributed by atoms with van der Waals surface area (Å²) in [6, 6.07) is 7.70. The minimum atomic E-state index is -0.156. The number of hydrogen-bond donors (Lipinski definition) is 0. The first-order chi connectivity index (χ1) is 12.7. The second-order valence-electron chi connectivity index (χ2n) is 5.81. The molecule has 0 bridgehead atoms. The van der Waals surface area contributed by atoms with E-state index in [1.165, 1.54) is 4.68 Å². The Kier molecular flexibility index (Phi) is 4.23. The summed E-state index contributed by atoms with van der Waals surface area (Å²) in [6.45, 7) is 1.22. The van der Waals surface area contributed by atoms with Crippen LogP contribution in [0, 0.1) is 0 Å². The number of ether oxygens (including phenoxy) is 2. The summed E-state index contributed by atoms with van der Waals surface area (Å²) >= 11 is 0. The van der Waals surface area contributed by atoms with Gasteiger partial charge in [0.25, 0.3) is 5.56 Å². The van der Waals surface area contributed by atoms with Crippen LogP contribution >= 0.6 is 0 Å². The van der Waals surface area contributed by atoms with Crippen LogP contribution in [-0.2, 0) is 22.6 Å². The van der Waals surface area contributed by atoms with Crippen molar-refractivity contribution in [2.45, 2.75) is 13.2 Å². The molecule has 0 radical (unpaired) electrons. The molecule has 4 aromatic rings. The normalized spacial score (nSPS) is 11.6. The lowest BCUT2D eigenvalue weighted by Crippen LogP contribution is -2.25. The van der Waals surface area contributed by atoms with E-state index in [4.69, 9.17) is 9.47 Å². The highest BCUT2D eigenvalue weighted by Crippen LogP contribution is 2.18. The number of nitrogens with zero attached hydrogens (tertiary/aromatic N) is 6. The Bertz CT molecular complexity index is 1130. The molecule has 0 unspecified atom stereocenters. The molecule has 0 saturated heterocycles. The van der Waals surface area contributed by atoms with Gasteiger partial charge >= 0.3 is 0 Å². The summed E-state index contributed by atoms with van der Waals surface area (Å²) in [6.07, 6.45) is 3.34. The van der Waals surface area contributed by atoms with E-state index in [1.54, 1.807) is 35.7 Å². The van der Waals surface area contributed by atoms with Gasteiger partial charge in [0, 0.05) is 20.8 Å². The zero-order chi connectivity index (χ0) is 18.1. The largest absolute Gasteiger partial charge is 0.383 e. The monoisotopic (exact) mass is 354 g/mol. The van der Waals surface area contributed by atoms with E-state index < -0.39 is 0 Å². The fourth-order valence-electron chi connectivity index (χ4n) is 3.04. The van der Waals surface area contributed by atoms with Crippen LogP contribution in [-0.4, -0.2) is 49.8 Å². The van der Waals surface area contributed by atoms with Gasteiger partial charge < -0.3 is 14.0 Å². The molecular weight excluding hydrogens is 336 g/mol. The van der Waals surface area contributed by atoms with Crippen LogP contribution in [0.5, 0.6) is 0 Å². The van der Waals surface area contributed by atoms with Gasteiger partial charge in [0.1, 0.15) is 12.0 Å². The van der Waals surface area contributed by atoms with E-state index in [2.05, 4.69) is 15.3 Å². The molecule has 0 aliphatic heterocycles. The van der Waals surface area contributed by atoms with E-state index in [-0.39, 0.29) is 5.56 Å². The van der Waals surface area contributed by atoms with Crippen molar-refractivity contribution in [3.63, 3.8) is 0 Å². The van der Waals surface area contributed by atoms with Crippen molar-refractivity contribution in [1.29, 1.82) is 0 Å². The molecule has 0 aliphatic rings. The average Bonchev–Trinajstić information content (AvgIpc) is 3.29. The molecule has 9 nitrogen and oxygen atoms in total. The highest BCUT2D eigenvalue weighted by Gasteiger charge is 2.17. The number of para-hydroxylation sites is 2. The third-order valence-corrected chi connectivity index (χ3v) is 4.20. The molecule has 9 heteroatoms. The first-order valence-electron chi connectivity index (χ1n) is 8.12. The predicted molar refractivity (Wildman–Crippen MR) is 94.5 cm³/mol. The lowest BCUT2D eigenvalue weighted by atomic mass is 10.2. The number of aromatic nitrogens is 6.